The number of rotatable bonds is 12. The monoisotopic (exact) mass is 666 g/mol. The summed E-state index contributed by atoms with van der Waals surface area (Å²) in [6.07, 6.45) is 0.300. The molecule has 4 aromatic carbocycles. The molecule has 3 unspecified atom stereocenters. The quantitative estimate of drug-likeness (QED) is 0.163. The number of nitrogens with one attached hydrogen (secondary N) is 1. The van der Waals surface area contributed by atoms with Crippen molar-refractivity contribution in [2.24, 2.45) is 28.5 Å². The van der Waals surface area contributed by atoms with Crippen molar-refractivity contribution in [2.45, 2.75) is 52.7 Å². The van der Waals surface area contributed by atoms with Crippen LogP contribution in [0.25, 0.3) is 11.1 Å². The molecule has 48 heavy (non-hydrogen) atoms. The van der Waals surface area contributed by atoms with Crippen molar-refractivity contribution >= 4 is 40.7 Å². The van der Waals surface area contributed by atoms with E-state index in [0.717, 1.165) is 27.8 Å². The maximum absolute atomic E-state index is 14.6. The Bertz CT molecular complexity index is 1830. The molecular weight excluding hydrogens is 627 g/mol. The van der Waals surface area contributed by atoms with Gasteiger partial charge in [-0.15, -0.1) is 0 Å². The van der Waals surface area contributed by atoms with Gasteiger partial charge in [0, 0.05) is 23.0 Å². The molecule has 0 aromatic heterocycles. The van der Waals surface area contributed by atoms with Gasteiger partial charge in [-0.05, 0) is 59.7 Å². The lowest BCUT2D eigenvalue weighted by molar-refractivity contribution is -0.136. The average Bonchev–Trinajstić information content (AvgIpc) is 3.18. The van der Waals surface area contributed by atoms with E-state index >= 15 is 0 Å². The molecule has 0 aliphatic carbocycles. The second kappa shape index (κ2) is 15.4. The number of carbonyl (C=O) groups excluding carboxylic acids is 3. The molecule has 0 spiro atoms. The highest BCUT2D eigenvalue weighted by Gasteiger charge is 2.37. The van der Waals surface area contributed by atoms with Gasteiger partial charge in [0.2, 0.25) is 18.0 Å². The van der Waals surface area contributed by atoms with Gasteiger partial charge in [-0.1, -0.05) is 112 Å². The van der Waals surface area contributed by atoms with Gasteiger partial charge < -0.3 is 16.0 Å². The Morgan fingerprint density at radius 2 is 1.60 bits per heavy atom. The average molecular weight is 667 g/mol. The summed E-state index contributed by atoms with van der Waals surface area (Å²) < 4.78 is 13.9. The highest BCUT2D eigenvalue weighted by atomic mass is 35.5. The smallest absolute Gasteiger partial charge is 0.272 e. The van der Waals surface area contributed by atoms with Gasteiger partial charge in [0.25, 0.3) is 5.91 Å². The standard InChI is InChI=1S/C39H40ClFN4O3/c1-4-11-29(36(42)46)31(20-24(2)3)38(47)44-37-39(48)45(23-25-12-10-15-27(21-25)28-18-19-33(41)32(40)22-28)34-17-9-8-16-30(34)35(43-37)26-13-6-5-7-14-26/h5-10,12-19,21-22,24,29,31,37H,4,11,20,23H2,1-3H3,(H2,42,46)(H,44,47). The van der Waals surface area contributed by atoms with Gasteiger partial charge in [-0.2, -0.15) is 0 Å². The number of aliphatic imine (C=N–C) groups is 1. The van der Waals surface area contributed by atoms with Crippen molar-refractivity contribution in [3.63, 3.8) is 0 Å². The Hall–Kier alpha value is -4.82. The van der Waals surface area contributed by atoms with Crippen LogP contribution in [-0.2, 0) is 20.9 Å². The number of nitrogens with two attached hydrogens (primary N) is 1. The minimum Gasteiger partial charge on any atom is -0.369 e. The number of anilines is 1. The summed E-state index contributed by atoms with van der Waals surface area (Å²) in [6, 6.07) is 29.2. The van der Waals surface area contributed by atoms with Gasteiger partial charge in [0.15, 0.2) is 0 Å². The fourth-order valence-corrected chi connectivity index (χ4v) is 6.46. The van der Waals surface area contributed by atoms with E-state index in [-0.39, 0.29) is 17.5 Å². The number of para-hydroxylation sites is 1. The molecule has 1 aliphatic rings. The number of nitrogens with zero attached hydrogens (tertiary/aromatic N) is 2. The van der Waals surface area contributed by atoms with Crippen molar-refractivity contribution in [3.8, 4) is 11.1 Å². The van der Waals surface area contributed by atoms with Crippen molar-refractivity contribution in [1.29, 1.82) is 0 Å². The second-order valence-electron chi connectivity index (χ2n) is 12.6. The van der Waals surface area contributed by atoms with Gasteiger partial charge in [0.05, 0.1) is 23.0 Å². The number of benzodiazepines with no additional fused rings is 1. The molecule has 248 valence electrons. The summed E-state index contributed by atoms with van der Waals surface area (Å²) in [5.41, 5.74) is 10.9. The number of amides is 3. The van der Waals surface area contributed by atoms with E-state index in [1.807, 2.05) is 99.6 Å². The summed E-state index contributed by atoms with van der Waals surface area (Å²) in [6.45, 7) is 6.08. The molecule has 0 bridgehead atoms. The number of hydrogen-bond donors (Lipinski definition) is 2. The number of carbonyl (C=O) groups is 3. The van der Waals surface area contributed by atoms with E-state index in [4.69, 9.17) is 22.3 Å². The van der Waals surface area contributed by atoms with Crippen LogP contribution in [0.2, 0.25) is 5.02 Å². The van der Waals surface area contributed by atoms with Gasteiger partial charge in [-0.25, -0.2) is 9.38 Å². The molecule has 9 heteroatoms. The number of hydrogen-bond acceptors (Lipinski definition) is 4. The highest BCUT2D eigenvalue weighted by Crippen LogP contribution is 2.32. The van der Waals surface area contributed by atoms with Crippen LogP contribution >= 0.6 is 11.6 Å². The molecule has 3 N–H and O–H groups in total. The predicted octanol–water partition coefficient (Wildman–Crippen LogP) is 7.54. The topological polar surface area (TPSA) is 105 Å². The van der Waals surface area contributed by atoms with E-state index in [2.05, 4.69) is 5.32 Å². The zero-order valence-electron chi connectivity index (χ0n) is 27.3. The van der Waals surface area contributed by atoms with Crippen LogP contribution in [-0.4, -0.2) is 29.6 Å². The first-order valence-electron chi connectivity index (χ1n) is 16.2. The minimum atomic E-state index is -1.27. The minimum absolute atomic E-state index is 0.0204. The number of benzene rings is 4. The van der Waals surface area contributed by atoms with Gasteiger partial charge in [-0.3, -0.25) is 14.4 Å². The predicted molar refractivity (Wildman–Crippen MR) is 189 cm³/mol. The van der Waals surface area contributed by atoms with Crippen LogP contribution in [0.1, 0.15) is 56.7 Å². The third-order valence-electron chi connectivity index (χ3n) is 8.57. The largest absolute Gasteiger partial charge is 0.369 e. The van der Waals surface area contributed by atoms with Crippen molar-refractivity contribution in [2.75, 3.05) is 4.90 Å². The molecule has 1 heterocycles. The summed E-state index contributed by atoms with van der Waals surface area (Å²) in [7, 11) is 0. The number of halogens is 2. The Morgan fingerprint density at radius 1 is 0.917 bits per heavy atom. The van der Waals surface area contributed by atoms with E-state index in [1.165, 1.54) is 6.07 Å². The molecule has 7 nitrogen and oxygen atoms in total. The van der Waals surface area contributed by atoms with Crippen LogP contribution in [0, 0.1) is 23.6 Å². The van der Waals surface area contributed by atoms with E-state index in [0.29, 0.717) is 30.7 Å². The molecule has 4 aromatic rings. The molecule has 3 amide bonds. The van der Waals surface area contributed by atoms with Crippen LogP contribution in [0.5, 0.6) is 0 Å². The fourth-order valence-electron chi connectivity index (χ4n) is 6.28. The fraction of sp³-hybridized carbons (Fsp3) is 0.282. The lowest BCUT2D eigenvalue weighted by atomic mass is 9.81. The third kappa shape index (κ3) is 7.82. The molecule has 0 fully saturated rings. The van der Waals surface area contributed by atoms with Crippen LogP contribution in [0.4, 0.5) is 10.1 Å². The summed E-state index contributed by atoms with van der Waals surface area (Å²) in [5, 5.41) is 2.95. The number of fused-ring (bicyclic) bond motifs is 1. The number of primary amides is 1. The van der Waals surface area contributed by atoms with Crippen LogP contribution < -0.4 is 16.0 Å². The van der Waals surface area contributed by atoms with E-state index in [1.54, 1.807) is 17.0 Å². The van der Waals surface area contributed by atoms with Gasteiger partial charge >= 0.3 is 0 Å². The first-order chi connectivity index (χ1) is 23.1. The second-order valence-corrected chi connectivity index (χ2v) is 13.0. The Labute approximate surface area is 286 Å². The van der Waals surface area contributed by atoms with E-state index in [9.17, 15) is 18.8 Å². The van der Waals surface area contributed by atoms with Crippen LogP contribution in [0.15, 0.2) is 102 Å². The summed E-state index contributed by atoms with van der Waals surface area (Å²) in [5.74, 6) is -3.18. The SMILES string of the molecule is CCCC(C(N)=O)C(CC(C)C)C(=O)NC1N=C(c2ccccc2)c2ccccc2N(Cc2cccc(-c3ccc(F)c(Cl)c3)c2)C1=O. The molecule has 3 atom stereocenters. The zero-order valence-corrected chi connectivity index (χ0v) is 28.1. The van der Waals surface area contributed by atoms with Crippen molar-refractivity contribution < 1.29 is 18.8 Å². The first-order valence-corrected chi connectivity index (χ1v) is 16.6. The first kappa shape index (κ1) is 34.5. The Balaban J connectivity index is 1.57. The maximum atomic E-state index is 14.6. The van der Waals surface area contributed by atoms with Gasteiger partial charge in [0.1, 0.15) is 5.82 Å². The van der Waals surface area contributed by atoms with E-state index < -0.39 is 41.5 Å². The van der Waals surface area contributed by atoms with Crippen molar-refractivity contribution in [3.05, 3.63) is 125 Å². The molecule has 1 aliphatic heterocycles. The lowest BCUT2D eigenvalue weighted by Crippen LogP contribution is -2.50. The molecular formula is C39H40ClFN4O3. The Morgan fingerprint density at radius 3 is 2.29 bits per heavy atom. The Kier molecular flexibility index (Phi) is 11.1. The normalized spacial score (nSPS) is 15.7. The third-order valence-corrected chi connectivity index (χ3v) is 8.86. The maximum Gasteiger partial charge on any atom is 0.272 e. The molecule has 0 saturated carbocycles. The zero-order chi connectivity index (χ0) is 34.4. The highest BCUT2D eigenvalue weighted by molar-refractivity contribution is 6.31. The van der Waals surface area contributed by atoms with Crippen LogP contribution in [0.3, 0.4) is 0 Å². The molecule has 5 rings (SSSR count). The summed E-state index contributed by atoms with van der Waals surface area (Å²) in [4.78, 5) is 47.8. The molecule has 0 radical (unpaired) electrons. The molecule has 0 saturated heterocycles. The summed E-state index contributed by atoms with van der Waals surface area (Å²) >= 11 is 6.08. The lowest BCUT2D eigenvalue weighted by Gasteiger charge is -2.29. The van der Waals surface area contributed by atoms with Crippen molar-refractivity contribution in [1.82, 2.24) is 5.32 Å².